The van der Waals surface area contributed by atoms with Gasteiger partial charge in [-0.15, -0.1) is 12.4 Å². The van der Waals surface area contributed by atoms with E-state index >= 15 is 0 Å². The zero-order valence-corrected chi connectivity index (χ0v) is 10.5. The Morgan fingerprint density at radius 2 is 1.69 bits per heavy atom. The molecule has 2 rings (SSSR count). The largest absolute Gasteiger partial charge is 0.378 e. The highest BCUT2D eigenvalue weighted by molar-refractivity contribution is 5.85. The molecule has 2 unspecified atom stereocenters. The first-order valence-corrected chi connectivity index (χ1v) is 5.76. The first-order chi connectivity index (χ1) is 7.29. The van der Waals surface area contributed by atoms with Gasteiger partial charge >= 0.3 is 0 Å². The lowest BCUT2D eigenvalue weighted by Gasteiger charge is -2.28. The van der Waals surface area contributed by atoms with Crippen molar-refractivity contribution in [3.05, 3.63) is 35.9 Å². The number of nitrogens with zero attached hydrogens (tertiary/aromatic N) is 1. The van der Waals surface area contributed by atoms with Crippen LogP contribution in [0, 0.1) is 0 Å². The molecule has 1 heterocycles. The summed E-state index contributed by atoms with van der Waals surface area (Å²) in [5, 5.41) is 10.2. The standard InChI is InChI=1S/C13H19NO.ClH/c1-11(12-7-3-2-4-8-12)13(15)14-9-5-6-10-14;/h2-4,7-8,11,13,15H,5-6,9-10H2,1H3;1H. The van der Waals surface area contributed by atoms with Gasteiger partial charge in [-0.1, -0.05) is 37.3 Å². The second kappa shape index (κ2) is 6.24. The number of hydrogen-bond acceptors (Lipinski definition) is 2. The van der Waals surface area contributed by atoms with Crippen molar-refractivity contribution in [3.8, 4) is 0 Å². The summed E-state index contributed by atoms with van der Waals surface area (Å²) < 4.78 is 0. The van der Waals surface area contributed by atoms with Crippen LogP contribution in [0.2, 0.25) is 0 Å². The van der Waals surface area contributed by atoms with E-state index in [1.54, 1.807) is 0 Å². The molecule has 1 fully saturated rings. The van der Waals surface area contributed by atoms with Crippen LogP contribution in [-0.4, -0.2) is 29.3 Å². The molecule has 0 spiro atoms. The Labute approximate surface area is 104 Å². The summed E-state index contributed by atoms with van der Waals surface area (Å²) in [5.41, 5.74) is 1.22. The van der Waals surface area contributed by atoms with E-state index in [9.17, 15) is 5.11 Å². The lowest BCUT2D eigenvalue weighted by molar-refractivity contribution is 0.00261. The van der Waals surface area contributed by atoms with E-state index in [4.69, 9.17) is 0 Å². The van der Waals surface area contributed by atoms with Crippen LogP contribution in [0.15, 0.2) is 30.3 Å². The van der Waals surface area contributed by atoms with Crippen LogP contribution in [0.25, 0.3) is 0 Å². The molecule has 1 aliphatic rings. The fraction of sp³-hybridized carbons (Fsp3) is 0.538. The Morgan fingerprint density at radius 3 is 2.25 bits per heavy atom. The maximum absolute atomic E-state index is 10.2. The zero-order valence-electron chi connectivity index (χ0n) is 9.67. The second-order valence-corrected chi connectivity index (χ2v) is 4.36. The number of hydrogen-bond donors (Lipinski definition) is 1. The Kier molecular flexibility index (Phi) is 5.26. The van der Waals surface area contributed by atoms with Crippen molar-refractivity contribution in [1.29, 1.82) is 0 Å². The number of likely N-dealkylation sites (tertiary alicyclic amines) is 1. The molecule has 0 aromatic heterocycles. The minimum atomic E-state index is -0.324. The fourth-order valence-electron chi connectivity index (χ4n) is 2.25. The molecule has 0 amide bonds. The summed E-state index contributed by atoms with van der Waals surface area (Å²) >= 11 is 0. The Balaban J connectivity index is 0.00000128. The van der Waals surface area contributed by atoms with Gasteiger partial charge in [-0.3, -0.25) is 4.90 Å². The molecule has 0 aliphatic carbocycles. The molecule has 16 heavy (non-hydrogen) atoms. The number of aliphatic hydroxyl groups excluding tert-OH is 1. The molecular weight excluding hydrogens is 222 g/mol. The molecule has 1 N–H and O–H groups in total. The highest BCUT2D eigenvalue weighted by Crippen LogP contribution is 2.23. The predicted molar refractivity (Wildman–Crippen MR) is 68.9 cm³/mol. The molecule has 3 heteroatoms. The van der Waals surface area contributed by atoms with Gasteiger partial charge in [0.2, 0.25) is 0 Å². The minimum Gasteiger partial charge on any atom is -0.378 e. The van der Waals surface area contributed by atoms with E-state index < -0.39 is 0 Å². The van der Waals surface area contributed by atoms with Crippen LogP contribution in [0.4, 0.5) is 0 Å². The summed E-state index contributed by atoms with van der Waals surface area (Å²) in [6, 6.07) is 10.2. The number of rotatable bonds is 3. The molecule has 0 radical (unpaired) electrons. The molecule has 2 atom stereocenters. The van der Waals surface area contributed by atoms with Gasteiger partial charge in [0.15, 0.2) is 0 Å². The van der Waals surface area contributed by atoms with Crippen molar-refractivity contribution in [3.63, 3.8) is 0 Å². The monoisotopic (exact) mass is 241 g/mol. The third kappa shape index (κ3) is 2.97. The molecule has 1 aliphatic heterocycles. The summed E-state index contributed by atoms with van der Waals surface area (Å²) in [6.45, 7) is 4.18. The van der Waals surface area contributed by atoms with Crippen molar-refractivity contribution in [1.82, 2.24) is 4.90 Å². The van der Waals surface area contributed by atoms with E-state index in [2.05, 4.69) is 24.0 Å². The first-order valence-electron chi connectivity index (χ1n) is 5.76. The van der Waals surface area contributed by atoms with E-state index in [1.165, 1.54) is 18.4 Å². The average Bonchev–Trinajstić information content (AvgIpc) is 2.82. The van der Waals surface area contributed by atoms with E-state index in [0.717, 1.165) is 13.1 Å². The molecule has 1 aromatic rings. The van der Waals surface area contributed by atoms with Crippen molar-refractivity contribution in [2.45, 2.75) is 31.9 Å². The van der Waals surface area contributed by atoms with Gasteiger partial charge in [0, 0.05) is 19.0 Å². The van der Waals surface area contributed by atoms with Crippen LogP contribution in [0.3, 0.4) is 0 Å². The van der Waals surface area contributed by atoms with Crippen LogP contribution < -0.4 is 0 Å². The second-order valence-electron chi connectivity index (χ2n) is 4.36. The maximum atomic E-state index is 10.2. The van der Waals surface area contributed by atoms with Crippen molar-refractivity contribution >= 4 is 12.4 Å². The normalized spacial score (nSPS) is 20.1. The molecule has 1 saturated heterocycles. The molecule has 0 bridgehead atoms. The van der Waals surface area contributed by atoms with E-state index in [1.807, 2.05) is 18.2 Å². The van der Waals surface area contributed by atoms with Gasteiger partial charge in [0.25, 0.3) is 0 Å². The summed E-state index contributed by atoms with van der Waals surface area (Å²) in [5.74, 6) is 0.198. The third-order valence-electron chi connectivity index (χ3n) is 3.29. The van der Waals surface area contributed by atoms with Crippen LogP contribution >= 0.6 is 12.4 Å². The quantitative estimate of drug-likeness (QED) is 0.880. The predicted octanol–water partition coefficient (Wildman–Crippen LogP) is 2.63. The molecule has 90 valence electrons. The average molecular weight is 242 g/mol. The van der Waals surface area contributed by atoms with Crippen molar-refractivity contribution in [2.24, 2.45) is 0 Å². The number of aliphatic hydroxyl groups is 1. The number of halogens is 1. The van der Waals surface area contributed by atoms with Crippen LogP contribution in [0.5, 0.6) is 0 Å². The minimum absolute atomic E-state index is 0. The molecular formula is C13H20ClNO. The first kappa shape index (κ1) is 13.5. The fourth-order valence-corrected chi connectivity index (χ4v) is 2.25. The van der Waals surface area contributed by atoms with Crippen molar-refractivity contribution in [2.75, 3.05) is 13.1 Å². The summed E-state index contributed by atoms with van der Waals surface area (Å²) in [4.78, 5) is 2.18. The lowest BCUT2D eigenvalue weighted by atomic mass is 9.99. The summed E-state index contributed by atoms with van der Waals surface area (Å²) in [7, 11) is 0. The molecule has 1 aromatic carbocycles. The molecule has 0 saturated carbocycles. The smallest absolute Gasteiger partial charge is 0.114 e. The van der Waals surface area contributed by atoms with Gasteiger partial charge in [-0.2, -0.15) is 0 Å². The van der Waals surface area contributed by atoms with Gasteiger partial charge < -0.3 is 5.11 Å². The maximum Gasteiger partial charge on any atom is 0.114 e. The highest BCUT2D eigenvalue weighted by atomic mass is 35.5. The third-order valence-corrected chi connectivity index (χ3v) is 3.29. The van der Waals surface area contributed by atoms with Crippen LogP contribution in [-0.2, 0) is 0 Å². The Bertz CT molecular complexity index is 298. The summed E-state index contributed by atoms with van der Waals surface area (Å²) in [6.07, 6.45) is 2.12. The molecule has 2 nitrogen and oxygen atoms in total. The van der Waals surface area contributed by atoms with E-state index in [0.29, 0.717) is 0 Å². The van der Waals surface area contributed by atoms with Gasteiger partial charge in [-0.05, 0) is 18.4 Å². The van der Waals surface area contributed by atoms with Crippen LogP contribution in [0.1, 0.15) is 31.2 Å². The van der Waals surface area contributed by atoms with Gasteiger partial charge in [-0.25, -0.2) is 0 Å². The highest BCUT2D eigenvalue weighted by Gasteiger charge is 2.25. The van der Waals surface area contributed by atoms with Gasteiger partial charge in [0.1, 0.15) is 6.23 Å². The van der Waals surface area contributed by atoms with Crippen molar-refractivity contribution < 1.29 is 5.11 Å². The SMILES string of the molecule is CC(c1ccccc1)C(O)N1CCCC1.Cl. The number of benzene rings is 1. The topological polar surface area (TPSA) is 23.5 Å². The van der Waals surface area contributed by atoms with E-state index in [-0.39, 0.29) is 24.6 Å². The van der Waals surface area contributed by atoms with Gasteiger partial charge in [0.05, 0.1) is 0 Å². The lowest BCUT2D eigenvalue weighted by Crippen LogP contribution is -2.36. The zero-order chi connectivity index (χ0) is 10.7. The Morgan fingerprint density at radius 1 is 1.12 bits per heavy atom. The Hall–Kier alpha value is -0.570.